The maximum absolute atomic E-state index is 11.8. The van der Waals surface area contributed by atoms with Crippen LogP contribution in [0.3, 0.4) is 0 Å². The number of hydrogen-bond acceptors (Lipinski definition) is 3. The van der Waals surface area contributed by atoms with Crippen LogP contribution in [-0.4, -0.2) is 12.5 Å². The second kappa shape index (κ2) is 6.02. The molecule has 0 aliphatic carbocycles. The minimum absolute atomic E-state index is 0.0409. The number of carbonyl (C=O) groups excluding carboxylic acids is 1. The maximum atomic E-state index is 11.8. The largest absolute Gasteiger partial charge is 0.399 e. The molecule has 0 saturated heterocycles. The van der Waals surface area contributed by atoms with Gasteiger partial charge in [-0.1, -0.05) is 12.1 Å². The van der Waals surface area contributed by atoms with Crippen molar-refractivity contribution in [3.8, 4) is 0 Å². The van der Waals surface area contributed by atoms with Crippen LogP contribution in [0.1, 0.15) is 15.9 Å². The number of anilines is 1. The number of rotatable bonds is 4. The minimum Gasteiger partial charge on any atom is -0.399 e. The molecule has 5 heteroatoms. The first-order valence-electron chi connectivity index (χ1n) is 5.52. The van der Waals surface area contributed by atoms with Crippen molar-refractivity contribution < 1.29 is 4.79 Å². The molecule has 0 aliphatic heterocycles. The summed E-state index contributed by atoms with van der Waals surface area (Å²) in [4.78, 5) is 11.8. The fourth-order valence-corrected chi connectivity index (χ4v) is 2.74. The van der Waals surface area contributed by atoms with Crippen LogP contribution in [0.15, 0.2) is 39.5 Å². The molecule has 0 bridgehead atoms. The van der Waals surface area contributed by atoms with Crippen molar-refractivity contribution in [1.82, 2.24) is 5.32 Å². The van der Waals surface area contributed by atoms with Gasteiger partial charge in [0, 0.05) is 17.6 Å². The Hall–Kier alpha value is -1.33. The molecule has 18 heavy (non-hydrogen) atoms. The number of halogens is 1. The molecule has 3 nitrogen and oxygen atoms in total. The first-order chi connectivity index (χ1) is 8.65. The lowest BCUT2D eigenvalue weighted by atomic mass is 10.1. The van der Waals surface area contributed by atoms with Gasteiger partial charge in [0.05, 0.1) is 9.35 Å². The van der Waals surface area contributed by atoms with Crippen LogP contribution in [0.2, 0.25) is 0 Å². The summed E-state index contributed by atoms with van der Waals surface area (Å²) in [7, 11) is 0. The molecule has 3 N–H and O–H groups in total. The number of nitrogen functional groups attached to an aromatic ring is 1. The lowest BCUT2D eigenvalue weighted by molar-refractivity contribution is 0.0954. The predicted molar refractivity (Wildman–Crippen MR) is 78.9 cm³/mol. The summed E-state index contributed by atoms with van der Waals surface area (Å²) in [5.74, 6) is -0.0409. The van der Waals surface area contributed by atoms with Gasteiger partial charge in [0.15, 0.2) is 0 Å². The third kappa shape index (κ3) is 3.58. The number of nitrogens with one attached hydrogen (secondary N) is 1. The number of thiophene rings is 1. The smallest absolute Gasteiger partial charge is 0.252 e. The van der Waals surface area contributed by atoms with Crippen LogP contribution in [0.4, 0.5) is 5.69 Å². The standard InChI is InChI=1S/C13H13BrN2OS/c14-12-7-10(8-18-12)13(17)16-5-4-9-2-1-3-11(15)6-9/h1-3,6-8H,4-5,15H2,(H,16,17). The molecule has 0 spiro atoms. The number of benzene rings is 1. The van der Waals surface area contributed by atoms with Crippen molar-refractivity contribution in [1.29, 1.82) is 0 Å². The second-order valence-corrected chi connectivity index (χ2v) is 6.18. The number of carbonyl (C=O) groups is 1. The van der Waals surface area contributed by atoms with Crippen LogP contribution in [0.25, 0.3) is 0 Å². The van der Waals surface area contributed by atoms with E-state index in [0.717, 1.165) is 21.5 Å². The molecule has 94 valence electrons. The highest BCUT2D eigenvalue weighted by molar-refractivity contribution is 9.11. The van der Waals surface area contributed by atoms with E-state index in [4.69, 9.17) is 5.73 Å². The normalized spacial score (nSPS) is 10.3. The van der Waals surface area contributed by atoms with Gasteiger partial charge in [0.25, 0.3) is 5.91 Å². The summed E-state index contributed by atoms with van der Waals surface area (Å²) in [6, 6.07) is 9.52. The number of amides is 1. The highest BCUT2D eigenvalue weighted by Gasteiger charge is 2.06. The van der Waals surface area contributed by atoms with Crippen LogP contribution in [0, 0.1) is 0 Å². The summed E-state index contributed by atoms with van der Waals surface area (Å²) in [6.07, 6.45) is 0.780. The summed E-state index contributed by atoms with van der Waals surface area (Å²) >= 11 is 4.84. The Kier molecular flexibility index (Phi) is 4.38. The van der Waals surface area contributed by atoms with Gasteiger partial charge in [0.1, 0.15) is 0 Å². The van der Waals surface area contributed by atoms with Gasteiger partial charge in [-0.05, 0) is 46.1 Å². The zero-order valence-corrected chi connectivity index (χ0v) is 12.1. The molecule has 1 amide bonds. The molecule has 1 aromatic carbocycles. The minimum atomic E-state index is -0.0409. The van der Waals surface area contributed by atoms with Crippen molar-refractivity contribution in [2.24, 2.45) is 0 Å². The molecule has 0 aliphatic rings. The molecule has 0 atom stereocenters. The summed E-state index contributed by atoms with van der Waals surface area (Å²) in [5, 5.41) is 4.72. The van der Waals surface area contributed by atoms with Gasteiger partial charge in [-0.25, -0.2) is 0 Å². The lowest BCUT2D eigenvalue weighted by Gasteiger charge is -2.04. The molecule has 0 saturated carbocycles. The van der Waals surface area contributed by atoms with Crippen LogP contribution < -0.4 is 11.1 Å². The molecular weight excluding hydrogens is 312 g/mol. The molecule has 0 unspecified atom stereocenters. The van der Waals surface area contributed by atoms with E-state index in [9.17, 15) is 4.79 Å². The average molecular weight is 325 g/mol. The van der Waals surface area contributed by atoms with Crippen molar-refractivity contribution in [3.63, 3.8) is 0 Å². The van der Waals surface area contributed by atoms with E-state index in [1.165, 1.54) is 11.3 Å². The third-order valence-electron chi connectivity index (χ3n) is 2.48. The van der Waals surface area contributed by atoms with Gasteiger partial charge in [-0.2, -0.15) is 0 Å². The van der Waals surface area contributed by atoms with E-state index in [2.05, 4.69) is 21.2 Å². The van der Waals surface area contributed by atoms with Crippen LogP contribution in [-0.2, 0) is 6.42 Å². The molecular formula is C13H13BrN2OS. The van der Waals surface area contributed by atoms with E-state index in [0.29, 0.717) is 12.1 Å². The van der Waals surface area contributed by atoms with E-state index in [1.807, 2.05) is 35.7 Å². The van der Waals surface area contributed by atoms with Crippen molar-refractivity contribution in [2.75, 3.05) is 12.3 Å². The maximum Gasteiger partial charge on any atom is 0.252 e. The zero-order chi connectivity index (χ0) is 13.0. The Morgan fingerprint density at radius 3 is 2.89 bits per heavy atom. The Balaban J connectivity index is 1.84. The molecule has 0 fully saturated rings. The Morgan fingerprint density at radius 2 is 2.22 bits per heavy atom. The molecule has 0 radical (unpaired) electrons. The van der Waals surface area contributed by atoms with Crippen LogP contribution in [0.5, 0.6) is 0 Å². The zero-order valence-electron chi connectivity index (χ0n) is 9.65. The molecule has 1 aromatic heterocycles. The monoisotopic (exact) mass is 324 g/mol. The first kappa shape index (κ1) is 13.1. The highest BCUT2D eigenvalue weighted by atomic mass is 79.9. The number of hydrogen-bond donors (Lipinski definition) is 2. The molecule has 1 heterocycles. The first-order valence-corrected chi connectivity index (χ1v) is 7.19. The van der Waals surface area contributed by atoms with Crippen molar-refractivity contribution >= 4 is 38.9 Å². The second-order valence-electron chi connectivity index (χ2n) is 3.89. The number of nitrogens with two attached hydrogens (primary N) is 1. The predicted octanol–water partition coefficient (Wildman–Crippen LogP) is 3.07. The van der Waals surface area contributed by atoms with Gasteiger partial charge in [-0.3, -0.25) is 4.79 Å². The average Bonchev–Trinajstić information content (AvgIpc) is 2.76. The summed E-state index contributed by atoms with van der Waals surface area (Å²) < 4.78 is 0.962. The van der Waals surface area contributed by atoms with Crippen molar-refractivity contribution in [3.05, 3.63) is 50.6 Å². The Morgan fingerprint density at radius 1 is 1.39 bits per heavy atom. The van der Waals surface area contributed by atoms with Gasteiger partial charge >= 0.3 is 0 Å². The molecule has 2 aromatic rings. The van der Waals surface area contributed by atoms with E-state index in [-0.39, 0.29) is 5.91 Å². The quantitative estimate of drug-likeness (QED) is 0.849. The summed E-state index contributed by atoms with van der Waals surface area (Å²) in [5.41, 5.74) is 8.26. The van der Waals surface area contributed by atoms with E-state index >= 15 is 0 Å². The van der Waals surface area contributed by atoms with Gasteiger partial charge in [0.2, 0.25) is 0 Å². The summed E-state index contributed by atoms with van der Waals surface area (Å²) in [6.45, 7) is 0.607. The Bertz CT molecular complexity index is 553. The highest BCUT2D eigenvalue weighted by Crippen LogP contribution is 2.20. The Labute approximate surface area is 118 Å². The van der Waals surface area contributed by atoms with Crippen LogP contribution >= 0.6 is 27.3 Å². The third-order valence-corrected chi connectivity index (χ3v) is 3.98. The van der Waals surface area contributed by atoms with Crippen molar-refractivity contribution in [2.45, 2.75) is 6.42 Å². The lowest BCUT2D eigenvalue weighted by Crippen LogP contribution is -2.25. The molecule has 2 rings (SSSR count). The fourth-order valence-electron chi connectivity index (χ4n) is 1.60. The topological polar surface area (TPSA) is 55.1 Å². The van der Waals surface area contributed by atoms with Gasteiger partial charge < -0.3 is 11.1 Å². The van der Waals surface area contributed by atoms with E-state index < -0.39 is 0 Å². The fraction of sp³-hybridized carbons (Fsp3) is 0.154. The van der Waals surface area contributed by atoms with Gasteiger partial charge in [-0.15, -0.1) is 11.3 Å². The SMILES string of the molecule is Nc1cccc(CCNC(=O)c2csc(Br)c2)c1. The van der Waals surface area contributed by atoms with E-state index in [1.54, 1.807) is 0 Å².